The van der Waals surface area contributed by atoms with Crippen molar-refractivity contribution in [1.29, 1.82) is 0 Å². The zero-order chi connectivity index (χ0) is 23.1. The summed E-state index contributed by atoms with van der Waals surface area (Å²) in [5.41, 5.74) is 0.211. The van der Waals surface area contributed by atoms with E-state index in [2.05, 4.69) is 20.9 Å². The van der Waals surface area contributed by atoms with Gasteiger partial charge in [-0.15, -0.1) is 0 Å². The van der Waals surface area contributed by atoms with Gasteiger partial charge < -0.3 is 9.72 Å². The highest BCUT2D eigenvalue weighted by molar-refractivity contribution is 9.10. The van der Waals surface area contributed by atoms with Crippen molar-refractivity contribution in [2.24, 2.45) is 5.14 Å². The molecule has 3 rings (SSSR count). The molecular formula is C19H13BrCl2F2N2O4S. The van der Waals surface area contributed by atoms with E-state index in [0.29, 0.717) is 11.8 Å². The first kappa shape index (κ1) is 23.7. The molecule has 0 unspecified atom stereocenters. The van der Waals surface area contributed by atoms with Crippen molar-refractivity contribution < 1.29 is 21.9 Å². The van der Waals surface area contributed by atoms with Crippen LogP contribution >= 0.6 is 39.1 Å². The summed E-state index contributed by atoms with van der Waals surface area (Å²) in [6.45, 7) is 1.21. The molecule has 31 heavy (non-hydrogen) atoms. The number of benzene rings is 2. The number of sulfonamides is 1. The van der Waals surface area contributed by atoms with Crippen LogP contribution in [0.2, 0.25) is 10.0 Å². The Bertz CT molecular complexity index is 1340. The maximum absolute atomic E-state index is 14.0. The zero-order valence-electron chi connectivity index (χ0n) is 15.6. The Hall–Kier alpha value is -1.98. The topological polar surface area (TPSA) is 102 Å². The Kier molecular flexibility index (Phi) is 6.78. The molecule has 1 aromatic heterocycles. The normalized spacial score (nSPS) is 11.6. The van der Waals surface area contributed by atoms with Gasteiger partial charge in [-0.1, -0.05) is 23.2 Å². The molecule has 164 valence electrons. The minimum atomic E-state index is -4.08. The van der Waals surface area contributed by atoms with Gasteiger partial charge >= 0.3 is 0 Å². The van der Waals surface area contributed by atoms with E-state index >= 15 is 0 Å². The molecule has 0 fully saturated rings. The molecule has 0 saturated heterocycles. The maximum Gasteiger partial charge on any atom is 0.266 e. The number of nitrogens with one attached hydrogen (secondary N) is 1. The SMILES string of the molecule is Cc1[nH]c(=O)c(Br)c(OCc2ccc(F)cc2F)c1-c1c(Cl)cc(S(N)(=O)=O)cc1Cl. The lowest BCUT2D eigenvalue weighted by atomic mass is 10.0. The Morgan fingerprint density at radius 1 is 1.13 bits per heavy atom. The molecule has 0 amide bonds. The number of hydrogen-bond acceptors (Lipinski definition) is 4. The summed E-state index contributed by atoms with van der Waals surface area (Å²) in [6, 6.07) is 5.21. The lowest BCUT2D eigenvalue weighted by molar-refractivity contribution is 0.298. The van der Waals surface area contributed by atoms with E-state index in [9.17, 15) is 22.0 Å². The van der Waals surface area contributed by atoms with Crippen molar-refractivity contribution in [3.8, 4) is 16.9 Å². The molecule has 6 nitrogen and oxygen atoms in total. The van der Waals surface area contributed by atoms with Crippen LogP contribution < -0.4 is 15.4 Å². The quantitative estimate of drug-likeness (QED) is 0.468. The van der Waals surface area contributed by atoms with Crippen molar-refractivity contribution in [3.63, 3.8) is 0 Å². The van der Waals surface area contributed by atoms with Crippen LogP contribution in [-0.4, -0.2) is 13.4 Å². The molecular weight excluding hydrogens is 541 g/mol. The fourth-order valence-electron chi connectivity index (χ4n) is 2.85. The first-order valence-corrected chi connectivity index (χ1v) is 11.5. The average Bonchev–Trinajstić information content (AvgIpc) is 2.65. The number of halogens is 5. The first-order valence-electron chi connectivity index (χ1n) is 8.41. The van der Waals surface area contributed by atoms with Gasteiger partial charge in [-0.3, -0.25) is 4.79 Å². The number of aryl methyl sites for hydroxylation is 1. The fourth-order valence-corrected chi connectivity index (χ4v) is 4.63. The standard InChI is InChI=1S/C19H13BrCl2F2N2O4S/c1-8-15(16-12(21)5-11(6-13(16)22)31(25,28)29)18(17(20)19(27)26-8)30-7-9-2-3-10(23)4-14(9)24/h2-6H,7H2,1H3,(H,26,27)(H2,25,28,29). The molecule has 3 aromatic rings. The van der Waals surface area contributed by atoms with Crippen LogP contribution in [-0.2, 0) is 16.6 Å². The monoisotopic (exact) mass is 552 g/mol. The molecule has 3 N–H and O–H groups in total. The van der Waals surface area contributed by atoms with Gasteiger partial charge in [-0.05, 0) is 47.1 Å². The van der Waals surface area contributed by atoms with E-state index < -0.39 is 27.2 Å². The number of H-pyrrole nitrogens is 1. The molecule has 0 bridgehead atoms. The smallest absolute Gasteiger partial charge is 0.266 e. The molecule has 12 heteroatoms. The number of nitrogens with two attached hydrogens (primary N) is 1. The summed E-state index contributed by atoms with van der Waals surface area (Å²) in [5.74, 6) is -1.59. The molecule has 0 spiro atoms. The Morgan fingerprint density at radius 3 is 2.29 bits per heavy atom. The average molecular weight is 554 g/mol. The summed E-state index contributed by atoms with van der Waals surface area (Å²) in [6.07, 6.45) is 0. The molecule has 0 radical (unpaired) electrons. The van der Waals surface area contributed by atoms with Crippen LogP contribution in [0.25, 0.3) is 11.1 Å². The van der Waals surface area contributed by atoms with Gasteiger partial charge in [0.2, 0.25) is 10.0 Å². The highest BCUT2D eigenvalue weighted by atomic mass is 79.9. The van der Waals surface area contributed by atoms with E-state index in [1.165, 1.54) is 6.07 Å². The molecule has 2 aromatic carbocycles. The second-order valence-electron chi connectivity index (χ2n) is 6.43. The maximum atomic E-state index is 14.0. The minimum Gasteiger partial charge on any atom is -0.487 e. The lowest BCUT2D eigenvalue weighted by Gasteiger charge is -2.18. The van der Waals surface area contributed by atoms with Crippen LogP contribution in [0.5, 0.6) is 5.75 Å². The number of aromatic nitrogens is 1. The number of hydrogen-bond donors (Lipinski definition) is 2. The Balaban J connectivity index is 2.18. The van der Waals surface area contributed by atoms with E-state index in [0.717, 1.165) is 18.2 Å². The van der Waals surface area contributed by atoms with Gasteiger partial charge in [0.25, 0.3) is 5.56 Å². The highest BCUT2D eigenvalue weighted by Crippen LogP contribution is 2.44. The molecule has 0 aliphatic heterocycles. The second-order valence-corrected chi connectivity index (χ2v) is 9.60. The Labute approximate surface area is 194 Å². The van der Waals surface area contributed by atoms with Gasteiger partial charge in [0, 0.05) is 28.5 Å². The number of primary sulfonamides is 1. The molecule has 0 aliphatic rings. The van der Waals surface area contributed by atoms with Crippen LogP contribution in [0, 0.1) is 18.6 Å². The van der Waals surface area contributed by atoms with Gasteiger partial charge in [0.1, 0.15) is 28.5 Å². The predicted molar refractivity (Wildman–Crippen MR) is 117 cm³/mol. The summed E-state index contributed by atoms with van der Waals surface area (Å²) < 4.78 is 56.1. The lowest BCUT2D eigenvalue weighted by Crippen LogP contribution is -2.14. The van der Waals surface area contributed by atoms with E-state index in [1.54, 1.807) is 6.92 Å². The zero-order valence-corrected chi connectivity index (χ0v) is 19.5. The second kappa shape index (κ2) is 8.87. The summed E-state index contributed by atoms with van der Waals surface area (Å²) in [5, 5.41) is 4.99. The fraction of sp³-hybridized carbons (Fsp3) is 0.105. The van der Waals surface area contributed by atoms with E-state index in [1.807, 2.05) is 0 Å². The van der Waals surface area contributed by atoms with Crippen molar-refractivity contribution in [2.75, 3.05) is 0 Å². The number of ether oxygens (including phenoxy) is 1. The van der Waals surface area contributed by atoms with Gasteiger partial charge in [0.05, 0.1) is 14.9 Å². The van der Waals surface area contributed by atoms with E-state index in [4.69, 9.17) is 33.1 Å². The van der Waals surface area contributed by atoms with Crippen molar-refractivity contribution in [3.05, 3.63) is 78.1 Å². The van der Waals surface area contributed by atoms with E-state index in [-0.39, 0.29) is 48.5 Å². The van der Waals surface area contributed by atoms with Gasteiger partial charge in [0.15, 0.2) is 0 Å². The highest BCUT2D eigenvalue weighted by Gasteiger charge is 2.24. The number of rotatable bonds is 5. The Morgan fingerprint density at radius 2 is 1.74 bits per heavy atom. The van der Waals surface area contributed by atoms with Crippen molar-refractivity contribution in [2.45, 2.75) is 18.4 Å². The number of aromatic amines is 1. The van der Waals surface area contributed by atoms with Crippen molar-refractivity contribution >= 4 is 49.2 Å². The third-order valence-corrected chi connectivity index (χ3v) is 6.49. The largest absolute Gasteiger partial charge is 0.487 e. The van der Waals surface area contributed by atoms with Crippen LogP contribution in [0.4, 0.5) is 8.78 Å². The van der Waals surface area contributed by atoms with Crippen LogP contribution in [0.1, 0.15) is 11.3 Å². The van der Waals surface area contributed by atoms with Crippen LogP contribution in [0.15, 0.2) is 44.5 Å². The first-order chi connectivity index (χ1) is 14.4. The summed E-state index contributed by atoms with van der Waals surface area (Å²) in [7, 11) is -4.08. The van der Waals surface area contributed by atoms with Crippen molar-refractivity contribution in [1.82, 2.24) is 4.98 Å². The molecule has 0 aliphatic carbocycles. The third kappa shape index (κ3) is 4.93. The summed E-state index contributed by atoms with van der Waals surface area (Å²) in [4.78, 5) is 14.5. The molecule has 0 atom stereocenters. The predicted octanol–water partition coefficient (Wildman–Crippen LogP) is 4.92. The minimum absolute atomic E-state index is 0.0165. The number of pyridine rings is 1. The third-order valence-electron chi connectivity index (χ3n) is 4.28. The van der Waals surface area contributed by atoms with Crippen LogP contribution in [0.3, 0.4) is 0 Å². The van der Waals surface area contributed by atoms with Gasteiger partial charge in [-0.25, -0.2) is 22.3 Å². The molecule has 1 heterocycles. The summed E-state index contributed by atoms with van der Waals surface area (Å²) >= 11 is 15.7. The molecule has 0 saturated carbocycles. The van der Waals surface area contributed by atoms with Gasteiger partial charge in [-0.2, -0.15) is 0 Å².